The minimum atomic E-state index is -0.613. The van der Waals surface area contributed by atoms with Crippen LogP contribution in [0.3, 0.4) is 0 Å². The Morgan fingerprint density at radius 2 is 1.80 bits per heavy atom. The van der Waals surface area contributed by atoms with Gasteiger partial charge in [-0.3, -0.25) is 0 Å². The van der Waals surface area contributed by atoms with Crippen LogP contribution < -0.4 is 10.8 Å². The molecule has 1 aliphatic heterocycles. The summed E-state index contributed by atoms with van der Waals surface area (Å²) in [6, 6.07) is 11.2. The molecule has 1 saturated heterocycles. The second-order valence-corrected chi connectivity index (χ2v) is 8.67. The van der Waals surface area contributed by atoms with Gasteiger partial charge in [-0.2, -0.15) is 5.26 Å². The molecule has 0 radical (unpaired) electrons. The highest BCUT2D eigenvalue weighted by Crippen LogP contribution is 2.36. The molecule has 0 amide bonds. The molecule has 2 heterocycles. The summed E-state index contributed by atoms with van der Waals surface area (Å²) < 4.78 is 17.6. The van der Waals surface area contributed by atoms with Crippen molar-refractivity contribution in [3.8, 4) is 6.07 Å². The minimum Gasteiger partial charge on any atom is -0.399 e. The molecule has 0 bridgehead atoms. The average Bonchev–Trinajstić information content (AvgIpc) is 3.30. The van der Waals surface area contributed by atoms with Gasteiger partial charge in [0.25, 0.3) is 0 Å². The Morgan fingerprint density at radius 3 is 2.40 bits per heavy atom. The first-order valence-electron chi connectivity index (χ1n) is 10.2. The van der Waals surface area contributed by atoms with E-state index in [0.717, 1.165) is 29.6 Å². The van der Waals surface area contributed by atoms with Gasteiger partial charge in [0.2, 0.25) is 0 Å². The van der Waals surface area contributed by atoms with Crippen molar-refractivity contribution in [2.75, 3.05) is 5.32 Å². The Hall–Kier alpha value is -2.82. The third-order valence-corrected chi connectivity index (χ3v) is 5.98. The van der Waals surface area contributed by atoms with Crippen molar-refractivity contribution in [1.29, 1.82) is 5.26 Å². The van der Waals surface area contributed by atoms with Crippen LogP contribution in [-0.4, -0.2) is 23.5 Å². The van der Waals surface area contributed by atoms with E-state index in [1.165, 1.54) is 0 Å². The molecule has 30 heavy (non-hydrogen) atoms. The number of aromatic nitrogens is 1. The zero-order chi connectivity index (χ0) is 21.4. The van der Waals surface area contributed by atoms with E-state index in [2.05, 4.69) is 28.7 Å². The number of rotatable bonds is 5. The summed E-state index contributed by atoms with van der Waals surface area (Å²) in [5.74, 6) is 0.680. The number of allylic oxidation sites excluding steroid dienone is 4. The molecule has 154 valence electrons. The maximum atomic E-state index is 9.64. The SMILES string of the molecule is CC1(C)OB(c2ccc(NC(C#N)c3cc(C4=CCCC=C4)on3)cc2)OC1(C)C. The quantitative estimate of drug-likeness (QED) is 0.747. The number of nitrogens with zero attached hydrogens (tertiary/aromatic N) is 2. The van der Waals surface area contributed by atoms with Crippen LogP contribution in [0.4, 0.5) is 5.69 Å². The third-order valence-electron chi connectivity index (χ3n) is 5.98. The van der Waals surface area contributed by atoms with Gasteiger partial charge in [0.05, 0.1) is 17.3 Å². The lowest BCUT2D eigenvalue weighted by Crippen LogP contribution is -2.41. The fourth-order valence-corrected chi connectivity index (χ4v) is 3.41. The summed E-state index contributed by atoms with van der Waals surface area (Å²) >= 11 is 0. The van der Waals surface area contributed by atoms with Crippen molar-refractivity contribution in [2.45, 2.75) is 57.8 Å². The smallest absolute Gasteiger partial charge is 0.399 e. The second-order valence-electron chi connectivity index (χ2n) is 8.67. The van der Waals surface area contributed by atoms with Gasteiger partial charge < -0.3 is 19.1 Å². The number of hydrogen-bond acceptors (Lipinski definition) is 6. The van der Waals surface area contributed by atoms with Gasteiger partial charge in [-0.05, 0) is 58.1 Å². The van der Waals surface area contributed by atoms with E-state index in [-0.39, 0.29) is 11.2 Å². The van der Waals surface area contributed by atoms with Gasteiger partial charge in [0.15, 0.2) is 11.8 Å². The summed E-state index contributed by atoms with van der Waals surface area (Å²) in [5.41, 5.74) is 2.55. The first-order chi connectivity index (χ1) is 14.3. The van der Waals surface area contributed by atoms with Crippen molar-refractivity contribution in [2.24, 2.45) is 0 Å². The highest BCUT2D eigenvalue weighted by Gasteiger charge is 2.51. The fraction of sp³-hybridized carbons (Fsp3) is 0.391. The number of hydrogen-bond donors (Lipinski definition) is 1. The second kappa shape index (κ2) is 7.79. The molecule has 7 heteroatoms. The summed E-state index contributed by atoms with van der Waals surface area (Å²) in [7, 11) is -0.411. The van der Waals surface area contributed by atoms with E-state index < -0.39 is 13.2 Å². The van der Waals surface area contributed by atoms with Gasteiger partial charge in [-0.25, -0.2) is 0 Å². The molecule has 1 N–H and O–H groups in total. The van der Waals surface area contributed by atoms with Gasteiger partial charge >= 0.3 is 7.12 Å². The van der Waals surface area contributed by atoms with E-state index in [9.17, 15) is 5.26 Å². The number of nitrogens with one attached hydrogen (secondary N) is 1. The maximum absolute atomic E-state index is 9.64. The lowest BCUT2D eigenvalue weighted by atomic mass is 9.79. The van der Waals surface area contributed by atoms with Gasteiger partial charge in [0.1, 0.15) is 5.69 Å². The Balaban J connectivity index is 1.45. The molecule has 6 nitrogen and oxygen atoms in total. The van der Waals surface area contributed by atoms with Crippen LogP contribution in [-0.2, 0) is 9.31 Å². The van der Waals surface area contributed by atoms with Crippen LogP contribution in [0.25, 0.3) is 5.57 Å². The first kappa shape index (κ1) is 20.5. The molecule has 0 saturated carbocycles. The van der Waals surface area contributed by atoms with E-state index in [1.54, 1.807) is 0 Å². The van der Waals surface area contributed by atoms with E-state index in [1.807, 2.05) is 64.1 Å². The Morgan fingerprint density at radius 1 is 1.10 bits per heavy atom. The molecule has 0 spiro atoms. The van der Waals surface area contributed by atoms with Crippen LogP contribution in [0.5, 0.6) is 0 Å². The lowest BCUT2D eigenvalue weighted by molar-refractivity contribution is 0.00578. The lowest BCUT2D eigenvalue weighted by Gasteiger charge is -2.32. The molecular weight excluding hydrogens is 377 g/mol. The van der Waals surface area contributed by atoms with E-state index in [4.69, 9.17) is 13.8 Å². The van der Waals surface area contributed by atoms with Crippen molar-refractivity contribution in [3.63, 3.8) is 0 Å². The molecule has 2 aliphatic rings. The molecule has 1 aromatic carbocycles. The molecule has 1 unspecified atom stereocenters. The predicted octanol–water partition coefficient (Wildman–Crippen LogP) is 4.38. The molecule has 1 atom stereocenters. The molecule has 1 aliphatic carbocycles. The zero-order valence-electron chi connectivity index (χ0n) is 17.8. The molecule has 1 aromatic heterocycles. The number of anilines is 1. The highest BCUT2D eigenvalue weighted by molar-refractivity contribution is 6.62. The van der Waals surface area contributed by atoms with Crippen molar-refractivity contribution < 1.29 is 13.8 Å². The van der Waals surface area contributed by atoms with Crippen LogP contribution in [0.15, 0.2) is 53.1 Å². The van der Waals surface area contributed by atoms with Gasteiger partial charge in [-0.15, -0.1) is 0 Å². The van der Waals surface area contributed by atoms with Crippen molar-refractivity contribution >= 4 is 23.8 Å². The Kier molecular flexibility index (Phi) is 5.31. The van der Waals surface area contributed by atoms with E-state index >= 15 is 0 Å². The minimum absolute atomic E-state index is 0.381. The standard InChI is InChI=1S/C23H26BN3O3/c1-22(2)23(3,4)30-24(29-22)17-10-12-18(13-11-17)26-20(15-25)19-14-21(28-27-19)16-8-6-5-7-9-16/h6,8-14,20,26H,5,7H2,1-4H3. The third kappa shape index (κ3) is 3.93. The van der Waals surface area contributed by atoms with Crippen LogP contribution in [0.2, 0.25) is 0 Å². The number of benzene rings is 1. The summed E-state index contributed by atoms with van der Waals surface area (Å²) in [6.45, 7) is 8.13. The van der Waals surface area contributed by atoms with Crippen molar-refractivity contribution in [3.05, 3.63) is 60.0 Å². The monoisotopic (exact) mass is 403 g/mol. The molecule has 4 rings (SSSR count). The summed E-state index contributed by atoms with van der Waals surface area (Å²) in [4.78, 5) is 0. The Bertz CT molecular complexity index is 999. The molecular formula is C23H26BN3O3. The highest BCUT2D eigenvalue weighted by atomic mass is 16.7. The van der Waals surface area contributed by atoms with Gasteiger partial charge in [-0.1, -0.05) is 35.5 Å². The summed E-state index contributed by atoms with van der Waals surface area (Å²) in [6.07, 6.45) is 8.27. The largest absolute Gasteiger partial charge is 0.494 e. The normalized spacial score (nSPS) is 20.5. The van der Waals surface area contributed by atoms with Crippen LogP contribution in [0, 0.1) is 11.3 Å². The van der Waals surface area contributed by atoms with Crippen LogP contribution in [0.1, 0.15) is 58.0 Å². The molecule has 2 aromatic rings. The zero-order valence-corrected chi connectivity index (χ0v) is 17.8. The number of nitriles is 1. The average molecular weight is 403 g/mol. The molecule has 1 fully saturated rings. The van der Waals surface area contributed by atoms with Crippen molar-refractivity contribution in [1.82, 2.24) is 5.16 Å². The fourth-order valence-electron chi connectivity index (χ4n) is 3.41. The van der Waals surface area contributed by atoms with E-state index in [0.29, 0.717) is 11.5 Å². The predicted molar refractivity (Wildman–Crippen MR) is 117 cm³/mol. The van der Waals surface area contributed by atoms with Gasteiger partial charge in [0, 0.05) is 17.3 Å². The summed E-state index contributed by atoms with van der Waals surface area (Å²) in [5, 5.41) is 16.9. The Labute approximate surface area is 177 Å². The first-order valence-corrected chi connectivity index (χ1v) is 10.2. The van der Waals surface area contributed by atoms with Crippen LogP contribution >= 0.6 is 0 Å². The topological polar surface area (TPSA) is 80.3 Å². The maximum Gasteiger partial charge on any atom is 0.494 e.